The molecule has 2 aromatic carbocycles. The third kappa shape index (κ3) is 7.91. The van der Waals surface area contributed by atoms with Gasteiger partial charge in [0.15, 0.2) is 11.5 Å². The molecule has 1 amide bonds. The lowest BCUT2D eigenvalue weighted by atomic mass is 10.1. The molecule has 0 atom stereocenters. The molecule has 0 radical (unpaired) electrons. The van der Waals surface area contributed by atoms with E-state index in [1.165, 1.54) is 4.90 Å². The van der Waals surface area contributed by atoms with E-state index in [1.54, 1.807) is 50.4 Å². The zero-order valence-corrected chi connectivity index (χ0v) is 24.1. The molecule has 0 spiro atoms. The largest absolute Gasteiger partial charge is 0.494 e. The Hall–Kier alpha value is -4.73. The molecule has 10 nitrogen and oxygen atoms in total. The molecule has 0 aliphatic heterocycles. The third-order valence-electron chi connectivity index (χ3n) is 5.88. The zero-order chi connectivity index (χ0) is 29.6. The van der Waals surface area contributed by atoms with Crippen molar-refractivity contribution in [3.63, 3.8) is 0 Å². The van der Waals surface area contributed by atoms with Crippen molar-refractivity contribution in [2.75, 3.05) is 20.2 Å². The van der Waals surface area contributed by atoms with Crippen LogP contribution in [0.5, 0.6) is 11.5 Å². The molecule has 0 fully saturated rings. The molecule has 0 saturated heterocycles. The minimum atomic E-state index is -0.616. The highest BCUT2D eigenvalue weighted by atomic mass is 16.6. The molecule has 2 aromatic heterocycles. The number of carbonyl (C=O) groups is 2. The van der Waals surface area contributed by atoms with Crippen molar-refractivity contribution in [2.45, 2.75) is 46.6 Å². The fourth-order valence-corrected chi connectivity index (χ4v) is 3.95. The van der Waals surface area contributed by atoms with Gasteiger partial charge in [-0.05, 0) is 71.4 Å². The van der Waals surface area contributed by atoms with Gasteiger partial charge in [0.25, 0.3) is 0 Å². The lowest BCUT2D eigenvalue weighted by molar-refractivity contribution is 0.0292. The van der Waals surface area contributed by atoms with Crippen LogP contribution in [0.4, 0.5) is 4.79 Å². The van der Waals surface area contributed by atoms with Crippen molar-refractivity contribution in [1.82, 2.24) is 20.0 Å². The van der Waals surface area contributed by atoms with E-state index in [9.17, 15) is 9.59 Å². The van der Waals surface area contributed by atoms with E-state index in [-0.39, 0.29) is 11.8 Å². The summed E-state index contributed by atoms with van der Waals surface area (Å²) >= 11 is 0. The van der Waals surface area contributed by atoms with Crippen LogP contribution in [0, 0.1) is 13.8 Å². The molecule has 0 N–H and O–H groups in total. The number of aromatic nitrogens is 3. The molecule has 2 heterocycles. The van der Waals surface area contributed by atoms with Gasteiger partial charge in [0.05, 0.1) is 23.6 Å². The van der Waals surface area contributed by atoms with Crippen molar-refractivity contribution >= 4 is 12.1 Å². The molecule has 10 heteroatoms. The van der Waals surface area contributed by atoms with Crippen molar-refractivity contribution in [3.05, 3.63) is 77.8 Å². The summed E-state index contributed by atoms with van der Waals surface area (Å²) in [5.41, 5.74) is 2.00. The fraction of sp³-hybridized carbons (Fsp3) is 0.323. The molecule has 0 aliphatic rings. The predicted molar refractivity (Wildman–Crippen MR) is 153 cm³/mol. The maximum atomic E-state index is 13.1. The van der Waals surface area contributed by atoms with E-state index in [0.717, 1.165) is 0 Å². The van der Waals surface area contributed by atoms with Crippen molar-refractivity contribution in [3.8, 4) is 34.1 Å². The van der Waals surface area contributed by atoms with Crippen LogP contribution in [0.1, 0.15) is 49.1 Å². The maximum absolute atomic E-state index is 13.1. The van der Waals surface area contributed by atoms with E-state index < -0.39 is 11.6 Å². The number of esters is 1. The van der Waals surface area contributed by atoms with Gasteiger partial charge in [-0.25, -0.2) is 19.6 Å². The number of benzene rings is 2. The van der Waals surface area contributed by atoms with Crippen LogP contribution in [-0.4, -0.2) is 57.9 Å². The van der Waals surface area contributed by atoms with Crippen molar-refractivity contribution in [1.29, 1.82) is 0 Å². The van der Waals surface area contributed by atoms with Crippen molar-refractivity contribution in [2.24, 2.45) is 0 Å². The number of hydrogen-bond donors (Lipinski definition) is 0. The van der Waals surface area contributed by atoms with E-state index in [4.69, 9.17) is 23.7 Å². The van der Waals surface area contributed by atoms with E-state index in [2.05, 4.69) is 10.1 Å². The third-order valence-corrected chi connectivity index (χ3v) is 5.88. The van der Waals surface area contributed by atoms with E-state index in [1.807, 2.05) is 52.0 Å². The van der Waals surface area contributed by atoms with Crippen molar-refractivity contribution < 1.29 is 28.3 Å². The first-order chi connectivity index (χ1) is 19.5. The lowest BCUT2D eigenvalue weighted by Crippen LogP contribution is -2.35. The Balaban J connectivity index is 1.53. The second-order valence-corrected chi connectivity index (χ2v) is 10.5. The highest BCUT2D eigenvalue weighted by Crippen LogP contribution is 2.29. The molecule has 41 heavy (non-hydrogen) atoms. The maximum Gasteiger partial charge on any atom is 0.410 e. The van der Waals surface area contributed by atoms with E-state index >= 15 is 0 Å². The summed E-state index contributed by atoms with van der Waals surface area (Å²) in [6, 6.07) is 17.7. The highest BCUT2D eigenvalue weighted by molar-refractivity contribution is 5.91. The Morgan fingerprint density at radius 2 is 1.68 bits per heavy atom. The minimum Gasteiger partial charge on any atom is -0.494 e. The van der Waals surface area contributed by atoms with Crippen LogP contribution in [0.2, 0.25) is 0 Å². The lowest BCUT2D eigenvalue weighted by Gasteiger charge is -2.24. The summed E-state index contributed by atoms with van der Waals surface area (Å²) < 4.78 is 22.2. The zero-order valence-electron chi connectivity index (χ0n) is 24.1. The molecular weight excluding hydrogens is 524 g/mol. The summed E-state index contributed by atoms with van der Waals surface area (Å²) in [6.07, 6.45) is 0.226. The van der Waals surface area contributed by atoms with Gasteiger partial charge in [0, 0.05) is 19.2 Å². The Morgan fingerprint density at radius 1 is 0.951 bits per heavy atom. The Labute approximate surface area is 239 Å². The number of nitrogens with zero attached hydrogens (tertiary/aromatic N) is 4. The molecule has 4 rings (SSSR count). The number of rotatable bonds is 9. The van der Waals surface area contributed by atoms with Gasteiger partial charge in [-0.15, -0.1) is 0 Å². The van der Waals surface area contributed by atoms with Gasteiger partial charge in [-0.3, -0.25) is 0 Å². The van der Waals surface area contributed by atoms with Crippen LogP contribution in [0.25, 0.3) is 22.6 Å². The summed E-state index contributed by atoms with van der Waals surface area (Å²) in [7, 11) is 1.69. The smallest absolute Gasteiger partial charge is 0.410 e. The SMILES string of the molecule is Cc1noc(C)c1-c1cc(C(=O)Oc2ccccc2)nc(-c2cccc(OCCCN(C)C(=O)OC(C)(C)C)c2)n1. The quantitative estimate of drug-likeness (QED) is 0.133. The minimum absolute atomic E-state index is 0.0883. The van der Waals surface area contributed by atoms with Gasteiger partial charge in [-0.1, -0.05) is 35.5 Å². The Kier molecular flexibility index (Phi) is 9.01. The molecule has 0 bridgehead atoms. The molecule has 4 aromatic rings. The second-order valence-electron chi connectivity index (χ2n) is 10.5. The first-order valence-corrected chi connectivity index (χ1v) is 13.3. The van der Waals surface area contributed by atoms with Gasteiger partial charge < -0.3 is 23.6 Å². The number of ether oxygens (including phenoxy) is 3. The summed E-state index contributed by atoms with van der Waals surface area (Å²) in [5.74, 6) is 1.28. The molecule has 214 valence electrons. The first-order valence-electron chi connectivity index (χ1n) is 13.3. The molecule has 0 saturated carbocycles. The predicted octanol–water partition coefficient (Wildman–Crippen LogP) is 6.27. The summed E-state index contributed by atoms with van der Waals surface area (Å²) in [6.45, 7) is 9.95. The monoisotopic (exact) mass is 558 g/mol. The van der Waals surface area contributed by atoms with Gasteiger partial charge in [0.1, 0.15) is 22.9 Å². The van der Waals surface area contributed by atoms with Crippen LogP contribution < -0.4 is 9.47 Å². The summed E-state index contributed by atoms with van der Waals surface area (Å²) in [5, 5.41) is 4.03. The van der Waals surface area contributed by atoms with Gasteiger partial charge >= 0.3 is 12.1 Å². The first kappa shape index (κ1) is 29.3. The highest BCUT2D eigenvalue weighted by Gasteiger charge is 2.21. The normalized spacial score (nSPS) is 11.2. The Bertz CT molecular complexity index is 1490. The van der Waals surface area contributed by atoms with Crippen LogP contribution in [-0.2, 0) is 4.74 Å². The number of hydrogen-bond acceptors (Lipinski definition) is 9. The molecule has 0 unspecified atom stereocenters. The Morgan fingerprint density at radius 3 is 2.37 bits per heavy atom. The van der Waals surface area contributed by atoms with Crippen LogP contribution in [0.3, 0.4) is 0 Å². The van der Waals surface area contributed by atoms with Gasteiger partial charge in [0.2, 0.25) is 0 Å². The van der Waals surface area contributed by atoms with Crippen LogP contribution >= 0.6 is 0 Å². The van der Waals surface area contributed by atoms with E-state index in [0.29, 0.717) is 65.2 Å². The standard InChI is InChI=1S/C31H34N4O6/c1-20-27(21(2)41-34-20)25-19-26(29(36)39-23-13-8-7-9-14-23)33-28(32-25)22-12-10-15-24(18-22)38-17-11-16-35(6)30(37)40-31(3,4)5/h7-10,12-15,18-19H,11,16-17H2,1-6H3. The topological polar surface area (TPSA) is 117 Å². The van der Waals surface area contributed by atoms with Crippen LogP contribution in [0.15, 0.2) is 65.2 Å². The average Bonchev–Trinajstić information content (AvgIpc) is 3.28. The second kappa shape index (κ2) is 12.6. The molecule has 0 aliphatic carbocycles. The fourth-order valence-electron chi connectivity index (χ4n) is 3.95. The number of amides is 1. The molecular formula is C31H34N4O6. The number of para-hydroxylation sites is 1. The number of aryl methyl sites for hydroxylation is 2. The average molecular weight is 559 g/mol. The summed E-state index contributed by atoms with van der Waals surface area (Å²) in [4.78, 5) is 36.0. The number of carbonyl (C=O) groups excluding carboxylic acids is 2. The van der Waals surface area contributed by atoms with Gasteiger partial charge in [-0.2, -0.15) is 0 Å².